The minimum Gasteiger partial charge on any atom is -0.497 e. The predicted octanol–water partition coefficient (Wildman–Crippen LogP) is 2.50. The van der Waals surface area contributed by atoms with Crippen LogP contribution in [-0.2, 0) is 19.6 Å². The second-order valence-corrected chi connectivity index (χ2v) is 5.31. The number of hydrogen-bond acceptors (Lipinski definition) is 4. The molecule has 0 amide bonds. The summed E-state index contributed by atoms with van der Waals surface area (Å²) in [6.07, 6.45) is 0. The Morgan fingerprint density at radius 3 is 2.80 bits per heavy atom. The molecule has 3 rings (SSSR count). The highest BCUT2D eigenvalue weighted by Crippen LogP contribution is 2.26. The van der Waals surface area contributed by atoms with Crippen molar-refractivity contribution in [3.05, 3.63) is 52.8 Å². The molecule has 0 saturated heterocycles. The normalized spacial score (nSPS) is 14.3. The maximum absolute atomic E-state index is 5.84. The van der Waals surface area contributed by atoms with Crippen molar-refractivity contribution in [2.45, 2.75) is 26.6 Å². The molecule has 4 heteroatoms. The van der Waals surface area contributed by atoms with Crippen LogP contribution in [-0.4, -0.2) is 17.0 Å². The van der Waals surface area contributed by atoms with E-state index in [1.807, 2.05) is 25.1 Å². The molecule has 0 unspecified atom stereocenters. The van der Waals surface area contributed by atoms with Gasteiger partial charge in [0.05, 0.1) is 12.8 Å². The number of nitrogens with two attached hydrogens (primary N) is 1. The average Bonchev–Trinajstić information content (AvgIpc) is 2.79. The standard InChI is InChI=1S/C16H19N3O/c1-11-5-16(20-2)7-15(18-11)10-19-8-12-3-4-14(17)6-13(12)9-19/h3-7H,8-10,17H2,1-2H3. The minimum absolute atomic E-state index is 0.826. The third-order valence-electron chi connectivity index (χ3n) is 3.62. The highest BCUT2D eigenvalue weighted by molar-refractivity contribution is 5.46. The van der Waals surface area contributed by atoms with Gasteiger partial charge in [-0.2, -0.15) is 0 Å². The molecule has 20 heavy (non-hydrogen) atoms. The number of ether oxygens (including phenoxy) is 1. The Morgan fingerprint density at radius 1 is 1.20 bits per heavy atom. The van der Waals surface area contributed by atoms with Crippen LogP contribution >= 0.6 is 0 Å². The first-order chi connectivity index (χ1) is 9.64. The van der Waals surface area contributed by atoms with Crippen LogP contribution in [0.2, 0.25) is 0 Å². The first-order valence-corrected chi connectivity index (χ1v) is 6.75. The maximum Gasteiger partial charge on any atom is 0.122 e. The van der Waals surface area contributed by atoms with Crippen molar-refractivity contribution in [3.63, 3.8) is 0 Å². The number of benzene rings is 1. The van der Waals surface area contributed by atoms with Crippen molar-refractivity contribution in [1.29, 1.82) is 0 Å². The molecule has 2 N–H and O–H groups in total. The van der Waals surface area contributed by atoms with Crippen LogP contribution in [0.5, 0.6) is 5.75 Å². The molecule has 4 nitrogen and oxygen atoms in total. The smallest absolute Gasteiger partial charge is 0.122 e. The molecule has 0 radical (unpaired) electrons. The van der Waals surface area contributed by atoms with Crippen LogP contribution in [0.1, 0.15) is 22.5 Å². The Balaban J connectivity index is 1.76. The maximum atomic E-state index is 5.84. The molecule has 104 valence electrons. The van der Waals surface area contributed by atoms with Crippen molar-refractivity contribution >= 4 is 5.69 Å². The van der Waals surface area contributed by atoms with E-state index in [0.717, 1.165) is 42.5 Å². The van der Waals surface area contributed by atoms with E-state index in [4.69, 9.17) is 10.5 Å². The fourth-order valence-electron chi connectivity index (χ4n) is 2.73. The third-order valence-corrected chi connectivity index (χ3v) is 3.62. The lowest BCUT2D eigenvalue weighted by Gasteiger charge is -2.15. The topological polar surface area (TPSA) is 51.4 Å². The summed E-state index contributed by atoms with van der Waals surface area (Å²) in [5, 5.41) is 0. The molecule has 0 bridgehead atoms. The number of pyridine rings is 1. The molecule has 1 aliphatic heterocycles. The van der Waals surface area contributed by atoms with Crippen molar-refractivity contribution in [1.82, 2.24) is 9.88 Å². The van der Waals surface area contributed by atoms with E-state index < -0.39 is 0 Å². The van der Waals surface area contributed by atoms with Crippen LogP contribution in [0.4, 0.5) is 5.69 Å². The van der Waals surface area contributed by atoms with Gasteiger partial charge in [0, 0.05) is 43.1 Å². The summed E-state index contributed by atoms with van der Waals surface area (Å²) in [7, 11) is 1.69. The lowest BCUT2D eigenvalue weighted by molar-refractivity contribution is 0.271. The van der Waals surface area contributed by atoms with Crippen LogP contribution in [0, 0.1) is 6.92 Å². The Labute approximate surface area is 119 Å². The van der Waals surface area contributed by atoms with E-state index in [2.05, 4.69) is 22.0 Å². The lowest BCUT2D eigenvalue weighted by atomic mass is 10.1. The van der Waals surface area contributed by atoms with Crippen molar-refractivity contribution in [3.8, 4) is 5.75 Å². The van der Waals surface area contributed by atoms with Gasteiger partial charge in [-0.3, -0.25) is 9.88 Å². The van der Waals surface area contributed by atoms with Crippen LogP contribution in [0.3, 0.4) is 0 Å². The van der Waals surface area contributed by atoms with E-state index in [1.165, 1.54) is 11.1 Å². The zero-order chi connectivity index (χ0) is 14.1. The molecule has 2 heterocycles. The van der Waals surface area contributed by atoms with E-state index in [0.29, 0.717) is 0 Å². The van der Waals surface area contributed by atoms with Gasteiger partial charge in [-0.25, -0.2) is 0 Å². The highest BCUT2D eigenvalue weighted by atomic mass is 16.5. The predicted molar refractivity (Wildman–Crippen MR) is 79.3 cm³/mol. The van der Waals surface area contributed by atoms with Crippen molar-refractivity contribution < 1.29 is 4.74 Å². The second kappa shape index (κ2) is 5.13. The van der Waals surface area contributed by atoms with Gasteiger partial charge < -0.3 is 10.5 Å². The van der Waals surface area contributed by atoms with E-state index in [1.54, 1.807) is 7.11 Å². The summed E-state index contributed by atoms with van der Waals surface area (Å²) in [5.74, 6) is 0.869. The summed E-state index contributed by atoms with van der Waals surface area (Å²) in [4.78, 5) is 6.95. The van der Waals surface area contributed by atoms with Gasteiger partial charge in [0.15, 0.2) is 0 Å². The zero-order valence-corrected chi connectivity index (χ0v) is 11.9. The van der Waals surface area contributed by atoms with E-state index >= 15 is 0 Å². The number of nitrogen functional groups attached to an aromatic ring is 1. The number of fused-ring (bicyclic) bond motifs is 1. The van der Waals surface area contributed by atoms with Crippen molar-refractivity contribution in [2.24, 2.45) is 0 Å². The zero-order valence-electron chi connectivity index (χ0n) is 11.9. The van der Waals surface area contributed by atoms with Gasteiger partial charge in [0.1, 0.15) is 5.75 Å². The van der Waals surface area contributed by atoms with Gasteiger partial charge in [-0.1, -0.05) is 6.07 Å². The summed E-state index contributed by atoms with van der Waals surface area (Å²) in [6.45, 7) is 4.70. The minimum atomic E-state index is 0.826. The molecule has 0 saturated carbocycles. The molecule has 0 aliphatic carbocycles. The number of aromatic nitrogens is 1. The van der Waals surface area contributed by atoms with Gasteiger partial charge in [0.2, 0.25) is 0 Å². The van der Waals surface area contributed by atoms with Gasteiger partial charge >= 0.3 is 0 Å². The molecule has 1 aromatic carbocycles. The van der Waals surface area contributed by atoms with E-state index in [9.17, 15) is 0 Å². The third kappa shape index (κ3) is 2.60. The van der Waals surface area contributed by atoms with Crippen LogP contribution < -0.4 is 10.5 Å². The highest BCUT2D eigenvalue weighted by Gasteiger charge is 2.19. The lowest BCUT2D eigenvalue weighted by Crippen LogP contribution is -2.16. The summed E-state index contributed by atoms with van der Waals surface area (Å²) in [5.41, 5.74) is 11.4. The Bertz CT molecular complexity index is 640. The summed E-state index contributed by atoms with van der Waals surface area (Å²) < 4.78 is 5.30. The number of aryl methyl sites for hydroxylation is 1. The Kier molecular flexibility index (Phi) is 3.32. The number of anilines is 1. The first-order valence-electron chi connectivity index (χ1n) is 6.75. The van der Waals surface area contributed by atoms with E-state index in [-0.39, 0.29) is 0 Å². The summed E-state index contributed by atoms with van der Waals surface area (Å²) in [6, 6.07) is 10.1. The molecular weight excluding hydrogens is 250 g/mol. The monoisotopic (exact) mass is 269 g/mol. The molecular formula is C16H19N3O. The largest absolute Gasteiger partial charge is 0.497 e. The average molecular weight is 269 g/mol. The van der Waals surface area contributed by atoms with Gasteiger partial charge in [-0.05, 0) is 30.2 Å². The number of nitrogens with zero attached hydrogens (tertiary/aromatic N) is 2. The quantitative estimate of drug-likeness (QED) is 0.870. The Morgan fingerprint density at radius 2 is 2.00 bits per heavy atom. The first kappa shape index (κ1) is 12.9. The number of methoxy groups -OCH3 is 1. The molecule has 0 fully saturated rings. The van der Waals surface area contributed by atoms with Gasteiger partial charge in [0.25, 0.3) is 0 Å². The van der Waals surface area contributed by atoms with Crippen LogP contribution in [0.25, 0.3) is 0 Å². The summed E-state index contributed by atoms with van der Waals surface area (Å²) >= 11 is 0. The molecule has 2 aromatic rings. The SMILES string of the molecule is COc1cc(C)nc(CN2Cc3ccc(N)cc3C2)c1. The molecule has 0 spiro atoms. The fraction of sp³-hybridized carbons (Fsp3) is 0.312. The Hall–Kier alpha value is -2.07. The van der Waals surface area contributed by atoms with Crippen LogP contribution in [0.15, 0.2) is 30.3 Å². The van der Waals surface area contributed by atoms with Gasteiger partial charge in [-0.15, -0.1) is 0 Å². The number of hydrogen-bond donors (Lipinski definition) is 1. The second-order valence-electron chi connectivity index (χ2n) is 5.31. The fourth-order valence-corrected chi connectivity index (χ4v) is 2.73. The van der Waals surface area contributed by atoms with Crippen molar-refractivity contribution in [2.75, 3.05) is 12.8 Å². The molecule has 0 atom stereocenters. The number of rotatable bonds is 3. The molecule has 1 aromatic heterocycles. The molecule has 1 aliphatic rings.